The molecule has 0 atom stereocenters. The minimum atomic E-state index is 0.0644. The van der Waals surface area contributed by atoms with E-state index in [1.54, 1.807) is 11.9 Å². The summed E-state index contributed by atoms with van der Waals surface area (Å²) in [5, 5.41) is 8.63. The third-order valence-electron chi connectivity index (χ3n) is 2.52. The number of hydrogen-bond donors (Lipinski definition) is 1. The molecule has 0 aromatic carbocycles. The number of aliphatic hydroxyl groups excluding tert-OH is 1. The zero-order valence-corrected chi connectivity index (χ0v) is 7.62. The minimum Gasteiger partial charge on any atom is -0.395 e. The van der Waals surface area contributed by atoms with Gasteiger partial charge in [-0.15, -0.1) is 0 Å². The van der Waals surface area contributed by atoms with Crippen LogP contribution < -0.4 is 0 Å². The molecular formula is C9H17NO2. The van der Waals surface area contributed by atoms with Crippen molar-refractivity contribution in [3.8, 4) is 0 Å². The molecule has 0 aromatic rings. The van der Waals surface area contributed by atoms with Crippen molar-refractivity contribution in [2.24, 2.45) is 5.92 Å². The van der Waals surface area contributed by atoms with E-state index < -0.39 is 0 Å². The van der Waals surface area contributed by atoms with Gasteiger partial charge in [0.2, 0.25) is 5.91 Å². The van der Waals surface area contributed by atoms with E-state index in [1.807, 2.05) is 0 Å². The first-order valence-corrected chi connectivity index (χ1v) is 4.61. The molecule has 0 unspecified atom stereocenters. The lowest BCUT2D eigenvalue weighted by molar-refractivity contribution is -0.134. The van der Waals surface area contributed by atoms with Crippen LogP contribution in [0.5, 0.6) is 0 Å². The Hall–Kier alpha value is -0.570. The second kappa shape index (κ2) is 4.45. The zero-order chi connectivity index (χ0) is 8.97. The van der Waals surface area contributed by atoms with Gasteiger partial charge in [0.25, 0.3) is 0 Å². The fourth-order valence-corrected chi connectivity index (χ4v) is 1.74. The highest BCUT2D eigenvalue weighted by atomic mass is 16.3. The van der Waals surface area contributed by atoms with E-state index in [2.05, 4.69) is 0 Å². The largest absolute Gasteiger partial charge is 0.395 e. The van der Waals surface area contributed by atoms with Crippen LogP contribution in [0.2, 0.25) is 0 Å². The van der Waals surface area contributed by atoms with Crippen LogP contribution in [0.1, 0.15) is 25.7 Å². The van der Waals surface area contributed by atoms with Gasteiger partial charge in [0, 0.05) is 19.5 Å². The molecule has 1 fully saturated rings. The van der Waals surface area contributed by atoms with E-state index in [0.29, 0.717) is 6.54 Å². The molecule has 1 rings (SSSR count). The quantitative estimate of drug-likeness (QED) is 0.676. The van der Waals surface area contributed by atoms with E-state index in [-0.39, 0.29) is 18.4 Å². The summed E-state index contributed by atoms with van der Waals surface area (Å²) in [7, 11) is 1.76. The van der Waals surface area contributed by atoms with Crippen molar-refractivity contribution >= 4 is 5.91 Å². The molecule has 3 heteroatoms. The highest BCUT2D eigenvalue weighted by Crippen LogP contribution is 2.25. The van der Waals surface area contributed by atoms with E-state index >= 15 is 0 Å². The van der Waals surface area contributed by atoms with Gasteiger partial charge in [-0.3, -0.25) is 4.79 Å². The lowest BCUT2D eigenvalue weighted by Gasteiger charge is -2.19. The van der Waals surface area contributed by atoms with Crippen molar-refractivity contribution < 1.29 is 9.90 Å². The van der Waals surface area contributed by atoms with Crippen LogP contribution in [-0.4, -0.2) is 36.1 Å². The van der Waals surface area contributed by atoms with Gasteiger partial charge >= 0.3 is 0 Å². The summed E-state index contributed by atoms with van der Waals surface area (Å²) >= 11 is 0. The van der Waals surface area contributed by atoms with Gasteiger partial charge in [-0.1, -0.05) is 12.8 Å². The van der Waals surface area contributed by atoms with Gasteiger partial charge in [-0.05, 0) is 12.8 Å². The van der Waals surface area contributed by atoms with Crippen molar-refractivity contribution in [3.63, 3.8) is 0 Å². The number of likely N-dealkylation sites (N-methyl/N-ethyl adjacent to an activating group) is 1. The maximum atomic E-state index is 11.6. The van der Waals surface area contributed by atoms with Crippen LogP contribution in [0.4, 0.5) is 0 Å². The average Bonchev–Trinajstić information content (AvgIpc) is 2.55. The maximum Gasteiger partial charge on any atom is 0.225 e. The highest BCUT2D eigenvalue weighted by Gasteiger charge is 2.24. The molecule has 0 aromatic heterocycles. The first-order chi connectivity index (χ1) is 5.75. The predicted molar refractivity (Wildman–Crippen MR) is 46.7 cm³/mol. The van der Waals surface area contributed by atoms with E-state index in [9.17, 15) is 4.79 Å². The van der Waals surface area contributed by atoms with E-state index in [0.717, 1.165) is 12.8 Å². The van der Waals surface area contributed by atoms with Crippen LogP contribution in [0.15, 0.2) is 0 Å². The van der Waals surface area contributed by atoms with E-state index in [1.165, 1.54) is 12.8 Å². The molecule has 0 saturated heterocycles. The number of aliphatic hydroxyl groups is 1. The average molecular weight is 171 g/mol. The van der Waals surface area contributed by atoms with Crippen molar-refractivity contribution in [2.45, 2.75) is 25.7 Å². The molecule has 1 aliphatic carbocycles. The van der Waals surface area contributed by atoms with Crippen molar-refractivity contribution in [2.75, 3.05) is 20.2 Å². The Morgan fingerprint density at radius 2 is 2.08 bits per heavy atom. The standard InChI is InChI=1S/C9H17NO2/c1-10(6-7-11)9(12)8-4-2-3-5-8/h8,11H,2-7H2,1H3. The fraction of sp³-hybridized carbons (Fsp3) is 0.889. The lowest BCUT2D eigenvalue weighted by atomic mass is 10.1. The second-order valence-corrected chi connectivity index (χ2v) is 3.46. The molecule has 12 heavy (non-hydrogen) atoms. The van der Waals surface area contributed by atoms with Crippen LogP contribution >= 0.6 is 0 Å². The number of hydrogen-bond acceptors (Lipinski definition) is 2. The van der Waals surface area contributed by atoms with Gasteiger partial charge in [0.05, 0.1) is 6.61 Å². The molecular weight excluding hydrogens is 154 g/mol. The number of carbonyl (C=O) groups is 1. The third kappa shape index (κ3) is 2.21. The molecule has 1 aliphatic rings. The summed E-state index contributed by atoms with van der Waals surface area (Å²) in [6.07, 6.45) is 4.44. The summed E-state index contributed by atoms with van der Waals surface area (Å²) in [6.45, 7) is 0.532. The molecule has 0 aliphatic heterocycles. The third-order valence-corrected chi connectivity index (χ3v) is 2.52. The summed E-state index contributed by atoms with van der Waals surface area (Å²) in [5.74, 6) is 0.447. The fourth-order valence-electron chi connectivity index (χ4n) is 1.74. The van der Waals surface area contributed by atoms with Gasteiger partial charge < -0.3 is 10.0 Å². The Kier molecular flexibility index (Phi) is 3.53. The Morgan fingerprint density at radius 3 is 2.58 bits per heavy atom. The van der Waals surface area contributed by atoms with Crippen LogP contribution in [0.25, 0.3) is 0 Å². The first kappa shape index (κ1) is 9.52. The van der Waals surface area contributed by atoms with Crippen molar-refractivity contribution in [1.29, 1.82) is 0 Å². The molecule has 1 N–H and O–H groups in total. The Bertz CT molecular complexity index is 153. The number of amides is 1. The minimum absolute atomic E-state index is 0.0644. The number of rotatable bonds is 3. The summed E-state index contributed by atoms with van der Waals surface area (Å²) in [6, 6.07) is 0. The smallest absolute Gasteiger partial charge is 0.225 e. The van der Waals surface area contributed by atoms with Gasteiger partial charge in [0.15, 0.2) is 0 Å². The first-order valence-electron chi connectivity index (χ1n) is 4.61. The van der Waals surface area contributed by atoms with Crippen molar-refractivity contribution in [1.82, 2.24) is 4.90 Å². The Labute approximate surface area is 73.4 Å². The molecule has 70 valence electrons. The van der Waals surface area contributed by atoms with Gasteiger partial charge in [0.1, 0.15) is 0 Å². The van der Waals surface area contributed by atoms with Gasteiger partial charge in [-0.25, -0.2) is 0 Å². The molecule has 0 spiro atoms. The van der Waals surface area contributed by atoms with Crippen LogP contribution in [0, 0.1) is 5.92 Å². The van der Waals surface area contributed by atoms with E-state index in [4.69, 9.17) is 5.11 Å². The topological polar surface area (TPSA) is 40.5 Å². The molecule has 1 amide bonds. The normalized spacial score (nSPS) is 18.2. The van der Waals surface area contributed by atoms with Gasteiger partial charge in [-0.2, -0.15) is 0 Å². The Morgan fingerprint density at radius 1 is 1.50 bits per heavy atom. The number of nitrogens with zero attached hydrogens (tertiary/aromatic N) is 1. The maximum absolute atomic E-state index is 11.6. The summed E-state index contributed by atoms with van der Waals surface area (Å²) in [4.78, 5) is 13.2. The molecule has 3 nitrogen and oxygen atoms in total. The number of carbonyl (C=O) groups excluding carboxylic acids is 1. The summed E-state index contributed by atoms with van der Waals surface area (Å²) < 4.78 is 0. The molecule has 0 bridgehead atoms. The molecule has 0 heterocycles. The van der Waals surface area contributed by atoms with Crippen molar-refractivity contribution in [3.05, 3.63) is 0 Å². The lowest BCUT2D eigenvalue weighted by Crippen LogP contribution is -2.33. The SMILES string of the molecule is CN(CCO)C(=O)C1CCCC1. The van der Waals surface area contributed by atoms with Crippen LogP contribution in [-0.2, 0) is 4.79 Å². The Balaban J connectivity index is 2.34. The second-order valence-electron chi connectivity index (χ2n) is 3.46. The monoisotopic (exact) mass is 171 g/mol. The zero-order valence-electron chi connectivity index (χ0n) is 7.62. The molecule has 0 radical (unpaired) electrons. The molecule has 1 saturated carbocycles. The highest BCUT2D eigenvalue weighted by molar-refractivity contribution is 5.78. The summed E-state index contributed by atoms with van der Waals surface area (Å²) in [5.41, 5.74) is 0. The van der Waals surface area contributed by atoms with Crippen LogP contribution in [0.3, 0.4) is 0 Å². The predicted octanol–water partition coefficient (Wildman–Crippen LogP) is 0.627.